The highest BCUT2D eigenvalue weighted by atomic mass is 19.4. The fourth-order valence-electron chi connectivity index (χ4n) is 4.91. The Morgan fingerprint density at radius 3 is 2.46 bits per heavy atom. The molecule has 0 radical (unpaired) electrons. The second kappa shape index (κ2) is 11.0. The molecule has 1 fully saturated rings. The maximum atomic E-state index is 13.3. The number of carbonyl (C=O) groups excluding carboxylic acids is 1. The number of hydrogen-bond acceptors (Lipinski definition) is 8. The fraction of sp³-hybridized carbons (Fsp3) is 0.407. The summed E-state index contributed by atoms with van der Waals surface area (Å²) in [4.78, 5) is 33.3. The molecule has 2 aliphatic heterocycles. The normalized spacial score (nSPS) is 16.1. The number of carbonyl (C=O) groups is 1. The Hall–Kier alpha value is -3.93. The molecule has 0 bridgehead atoms. The average Bonchev–Trinajstić information content (AvgIpc) is 2.95. The number of aromatic nitrogens is 3. The summed E-state index contributed by atoms with van der Waals surface area (Å²) in [6.07, 6.45) is -2.89. The number of aryl methyl sites for hydroxylation is 1. The number of alkyl halides is 3. The van der Waals surface area contributed by atoms with Gasteiger partial charge in [0.25, 0.3) is 5.91 Å². The van der Waals surface area contributed by atoms with Crippen molar-refractivity contribution in [1.82, 2.24) is 25.2 Å². The van der Waals surface area contributed by atoms with Crippen molar-refractivity contribution in [3.8, 4) is 0 Å². The average molecular weight is 541 g/mol. The molecular formula is C27H31F3N8O. The highest BCUT2D eigenvalue weighted by Crippen LogP contribution is 2.34. The van der Waals surface area contributed by atoms with Crippen LogP contribution in [0.15, 0.2) is 42.5 Å². The minimum absolute atomic E-state index is 0.0220. The molecule has 206 valence electrons. The highest BCUT2D eigenvalue weighted by molar-refractivity contribution is 5.95. The largest absolute Gasteiger partial charge is 0.416 e. The molecule has 1 aromatic heterocycles. The Morgan fingerprint density at radius 1 is 0.974 bits per heavy atom. The van der Waals surface area contributed by atoms with Crippen molar-refractivity contribution < 1.29 is 18.0 Å². The molecule has 2 aliphatic rings. The van der Waals surface area contributed by atoms with Gasteiger partial charge < -0.3 is 25.3 Å². The zero-order valence-electron chi connectivity index (χ0n) is 21.9. The van der Waals surface area contributed by atoms with E-state index in [0.29, 0.717) is 30.0 Å². The number of anilines is 4. The predicted octanol–water partition coefficient (Wildman–Crippen LogP) is 3.70. The van der Waals surface area contributed by atoms with E-state index in [-0.39, 0.29) is 12.1 Å². The number of fused-ring (bicyclic) bond motifs is 1. The first kappa shape index (κ1) is 26.7. The molecule has 0 unspecified atom stereocenters. The van der Waals surface area contributed by atoms with E-state index in [1.54, 1.807) is 19.2 Å². The summed E-state index contributed by atoms with van der Waals surface area (Å²) in [5.41, 5.74) is 1.52. The molecule has 2 N–H and O–H groups in total. The molecule has 3 aromatic rings. The van der Waals surface area contributed by atoms with E-state index in [4.69, 9.17) is 4.98 Å². The van der Waals surface area contributed by atoms with Crippen LogP contribution in [0.4, 0.5) is 36.7 Å². The summed E-state index contributed by atoms with van der Waals surface area (Å²) in [6.45, 7) is 3.99. The van der Waals surface area contributed by atoms with Crippen molar-refractivity contribution in [3.63, 3.8) is 0 Å². The summed E-state index contributed by atoms with van der Waals surface area (Å²) < 4.78 is 39.9. The molecule has 1 saturated heterocycles. The predicted molar refractivity (Wildman–Crippen MR) is 143 cm³/mol. The fourth-order valence-corrected chi connectivity index (χ4v) is 4.91. The number of nitrogens with zero attached hydrogens (tertiary/aromatic N) is 6. The number of rotatable bonds is 6. The summed E-state index contributed by atoms with van der Waals surface area (Å²) in [5.74, 6) is 1.21. The van der Waals surface area contributed by atoms with Gasteiger partial charge in [0, 0.05) is 57.6 Å². The smallest absolute Gasteiger partial charge is 0.357 e. The number of benzene rings is 2. The van der Waals surface area contributed by atoms with Gasteiger partial charge >= 0.3 is 6.18 Å². The second-order valence-corrected chi connectivity index (χ2v) is 9.74. The van der Waals surface area contributed by atoms with Crippen molar-refractivity contribution in [1.29, 1.82) is 0 Å². The zero-order valence-corrected chi connectivity index (χ0v) is 21.9. The molecular weight excluding hydrogens is 509 g/mol. The molecule has 1 amide bonds. The third kappa shape index (κ3) is 5.90. The van der Waals surface area contributed by atoms with E-state index < -0.39 is 17.6 Å². The van der Waals surface area contributed by atoms with Crippen molar-refractivity contribution >= 4 is 29.4 Å². The molecule has 0 atom stereocenters. The third-order valence-electron chi connectivity index (χ3n) is 7.09. The highest BCUT2D eigenvalue weighted by Gasteiger charge is 2.33. The zero-order chi connectivity index (χ0) is 27.6. The van der Waals surface area contributed by atoms with E-state index in [2.05, 4.69) is 37.4 Å². The molecule has 2 aromatic carbocycles. The van der Waals surface area contributed by atoms with Gasteiger partial charge in [-0.05, 0) is 55.3 Å². The third-order valence-corrected chi connectivity index (χ3v) is 7.09. The van der Waals surface area contributed by atoms with Crippen LogP contribution in [-0.2, 0) is 19.1 Å². The standard InChI is InChI=1S/C27H31F3N8O/c1-31-24-33-25(37-14-12-36(2)13-15-37)35-26(34-24)38-11-5-7-18-16-19(9-10-22(18)38)23(39)32-17-20-6-3-4-8-21(20)27(28,29)30/h3-4,6,8-10,16H,5,7,11-15,17H2,1-2H3,(H,32,39)(H,31,33,34,35). The second-order valence-electron chi connectivity index (χ2n) is 9.74. The van der Waals surface area contributed by atoms with Crippen molar-refractivity contribution in [2.24, 2.45) is 0 Å². The number of piperazine rings is 1. The minimum atomic E-state index is -4.48. The Bertz CT molecular complexity index is 1340. The lowest BCUT2D eigenvalue weighted by Gasteiger charge is -2.34. The van der Waals surface area contributed by atoms with Crippen LogP contribution >= 0.6 is 0 Å². The van der Waals surface area contributed by atoms with E-state index in [9.17, 15) is 18.0 Å². The Kier molecular flexibility index (Phi) is 7.56. The van der Waals surface area contributed by atoms with Gasteiger partial charge in [0.1, 0.15) is 0 Å². The van der Waals surface area contributed by atoms with Gasteiger partial charge in [0.15, 0.2) is 0 Å². The van der Waals surface area contributed by atoms with Gasteiger partial charge in [-0.1, -0.05) is 18.2 Å². The van der Waals surface area contributed by atoms with Crippen LogP contribution in [0.3, 0.4) is 0 Å². The van der Waals surface area contributed by atoms with E-state index >= 15 is 0 Å². The van der Waals surface area contributed by atoms with Gasteiger partial charge in [-0.15, -0.1) is 0 Å². The first-order valence-corrected chi connectivity index (χ1v) is 12.9. The van der Waals surface area contributed by atoms with Crippen molar-refractivity contribution in [2.75, 3.05) is 61.9 Å². The van der Waals surface area contributed by atoms with Gasteiger partial charge in [-0.25, -0.2) is 0 Å². The van der Waals surface area contributed by atoms with Crippen LogP contribution in [0.2, 0.25) is 0 Å². The molecule has 0 aliphatic carbocycles. The summed E-state index contributed by atoms with van der Waals surface area (Å²) in [6, 6.07) is 10.6. The summed E-state index contributed by atoms with van der Waals surface area (Å²) >= 11 is 0. The van der Waals surface area contributed by atoms with Crippen LogP contribution in [0.25, 0.3) is 0 Å². The van der Waals surface area contributed by atoms with Crippen LogP contribution in [0, 0.1) is 0 Å². The molecule has 3 heterocycles. The maximum Gasteiger partial charge on any atom is 0.416 e. The number of halogens is 3. The summed E-state index contributed by atoms with van der Waals surface area (Å²) in [5, 5.41) is 5.67. The number of nitrogens with one attached hydrogen (secondary N) is 2. The molecule has 12 heteroatoms. The van der Waals surface area contributed by atoms with Gasteiger partial charge in [0.05, 0.1) is 5.56 Å². The van der Waals surface area contributed by atoms with Crippen LogP contribution < -0.4 is 20.4 Å². The number of amides is 1. The molecule has 39 heavy (non-hydrogen) atoms. The summed E-state index contributed by atoms with van der Waals surface area (Å²) in [7, 11) is 3.87. The lowest BCUT2D eigenvalue weighted by molar-refractivity contribution is -0.138. The van der Waals surface area contributed by atoms with Crippen LogP contribution in [0.1, 0.15) is 33.5 Å². The first-order valence-electron chi connectivity index (χ1n) is 12.9. The molecule has 0 saturated carbocycles. The maximum absolute atomic E-state index is 13.3. The van der Waals surface area contributed by atoms with Crippen LogP contribution in [-0.4, -0.2) is 72.6 Å². The number of likely N-dealkylation sites (N-methyl/N-ethyl adjacent to an activating group) is 1. The molecule has 0 spiro atoms. The van der Waals surface area contributed by atoms with E-state index in [1.165, 1.54) is 18.2 Å². The molecule has 5 rings (SSSR count). The van der Waals surface area contributed by atoms with Gasteiger partial charge in [-0.3, -0.25) is 4.79 Å². The lowest BCUT2D eigenvalue weighted by atomic mass is 9.99. The lowest BCUT2D eigenvalue weighted by Crippen LogP contribution is -2.45. The Morgan fingerprint density at radius 2 is 1.72 bits per heavy atom. The number of hydrogen-bond donors (Lipinski definition) is 2. The van der Waals surface area contributed by atoms with E-state index in [0.717, 1.165) is 56.3 Å². The Balaban J connectivity index is 1.36. The van der Waals surface area contributed by atoms with Gasteiger partial charge in [0.2, 0.25) is 17.8 Å². The van der Waals surface area contributed by atoms with Crippen molar-refractivity contribution in [3.05, 3.63) is 64.7 Å². The minimum Gasteiger partial charge on any atom is -0.357 e. The SMILES string of the molecule is CNc1nc(N2CCN(C)CC2)nc(N2CCCc3cc(C(=O)NCc4ccccc4C(F)(F)F)ccc32)n1. The quantitative estimate of drug-likeness (QED) is 0.490. The van der Waals surface area contributed by atoms with E-state index in [1.807, 2.05) is 11.0 Å². The molecule has 9 nitrogen and oxygen atoms in total. The monoisotopic (exact) mass is 540 g/mol. The van der Waals surface area contributed by atoms with Gasteiger partial charge in [-0.2, -0.15) is 28.1 Å². The van der Waals surface area contributed by atoms with Crippen molar-refractivity contribution in [2.45, 2.75) is 25.6 Å². The Labute approximate surface area is 225 Å². The topological polar surface area (TPSA) is 89.5 Å². The first-order chi connectivity index (χ1) is 18.7. The van der Waals surface area contributed by atoms with Crippen LogP contribution in [0.5, 0.6) is 0 Å².